The summed E-state index contributed by atoms with van der Waals surface area (Å²) in [5.74, 6) is -0.744. The Hall–Kier alpha value is -4.27. The predicted octanol–water partition coefficient (Wildman–Crippen LogP) is 4.87. The first-order valence-electron chi connectivity index (χ1n) is 14.4. The highest BCUT2D eigenvalue weighted by atomic mass is 19.1. The minimum atomic E-state index is -0.397. The second-order valence-electron chi connectivity index (χ2n) is 11.8. The molecule has 3 aliphatic rings. The molecule has 2 N–H and O–H groups in total. The molecule has 41 heavy (non-hydrogen) atoms. The molecule has 2 aromatic heterocycles. The van der Waals surface area contributed by atoms with Gasteiger partial charge in [-0.05, 0) is 74.9 Å². The zero-order valence-electron chi connectivity index (χ0n) is 23.3. The summed E-state index contributed by atoms with van der Waals surface area (Å²) in [5, 5.41) is 4.75. The lowest BCUT2D eigenvalue weighted by Crippen LogP contribution is -2.39. The van der Waals surface area contributed by atoms with Crippen LogP contribution in [0, 0.1) is 11.7 Å². The standard InChI is InChI=1S/C32H33FN6O2/c1-18-13-22(31(34)40)17-38(18)23-9-10-25(26(33)14-23)27-16-30-35-28(15-29(21-7-8-21)39(30)36-27)32(41)37-12-11-20-5-3-4-6-24(20)19(37)2/h3-6,9-10,14-16,18-19,21-22H,7-8,11-13,17H2,1-2H3,(H2,34,40)/t18-,19-,22-/m1/s1. The molecule has 2 amide bonds. The predicted molar refractivity (Wildman–Crippen MR) is 154 cm³/mol. The van der Waals surface area contributed by atoms with Crippen LogP contribution in [0.2, 0.25) is 0 Å². The summed E-state index contributed by atoms with van der Waals surface area (Å²) in [4.78, 5) is 34.1. The highest BCUT2D eigenvalue weighted by Crippen LogP contribution is 2.41. The van der Waals surface area contributed by atoms with Crippen molar-refractivity contribution in [1.29, 1.82) is 0 Å². The van der Waals surface area contributed by atoms with Crippen LogP contribution in [0.15, 0.2) is 54.6 Å². The van der Waals surface area contributed by atoms with Crippen LogP contribution in [0.5, 0.6) is 0 Å². The van der Waals surface area contributed by atoms with Crippen LogP contribution in [0.3, 0.4) is 0 Å². The summed E-state index contributed by atoms with van der Waals surface area (Å²) < 4.78 is 17.3. The van der Waals surface area contributed by atoms with Crippen LogP contribution >= 0.6 is 0 Å². The van der Waals surface area contributed by atoms with Gasteiger partial charge in [-0.15, -0.1) is 0 Å². The van der Waals surface area contributed by atoms with Crippen LogP contribution < -0.4 is 10.6 Å². The summed E-state index contributed by atoms with van der Waals surface area (Å²) in [6, 6.07) is 17.1. The van der Waals surface area contributed by atoms with Crippen LogP contribution in [0.1, 0.15) is 72.4 Å². The van der Waals surface area contributed by atoms with Crippen molar-refractivity contribution in [3.63, 3.8) is 0 Å². The Balaban J connectivity index is 1.21. The molecule has 8 nitrogen and oxygen atoms in total. The maximum absolute atomic E-state index is 15.5. The van der Waals surface area contributed by atoms with Crippen molar-refractivity contribution >= 4 is 23.1 Å². The van der Waals surface area contributed by atoms with Crippen molar-refractivity contribution in [3.8, 4) is 11.3 Å². The minimum absolute atomic E-state index is 0.0421. The third kappa shape index (κ3) is 4.44. The zero-order chi connectivity index (χ0) is 28.4. The topological polar surface area (TPSA) is 96.8 Å². The molecule has 1 saturated carbocycles. The van der Waals surface area contributed by atoms with E-state index >= 15 is 4.39 Å². The van der Waals surface area contributed by atoms with E-state index in [1.54, 1.807) is 16.6 Å². The Labute approximate surface area is 238 Å². The normalized spacial score (nSPS) is 22.3. The third-order valence-electron chi connectivity index (χ3n) is 9.06. The molecule has 210 valence electrons. The summed E-state index contributed by atoms with van der Waals surface area (Å²) in [5.41, 5.74) is 11.4. The van der Waals surface area contributed by atoms with E-state index in [9.17, 15) is 9.59 Å². The van der Waals surface area contributed by atoms with Crippen molar-refractivity contribution in [3.05, 3.63) is 82.9 Å². The molecule has 7 rings (SSSR count). The number of amides is 2. The van der Waals surface area contributed by atoms with Crippen LogP contribution in [-0.4, -0.2) is 50.4 Å². The number of benzene rings is 2. The second-order valence-corrected chi connectivity index (χ2v) is 11.8. The number of nitrogens with zero attached hydrogens (tertiary/aromatic N) is 5. The van der Waals surface area contributed by atoms with Crippen LogP contribution in [-0.2, 0) is 11.2 Å². The number of anilines is 1. The number of carbonyl (C=O) groups is 2. The van der Waals surface area contributed by atoms with Crippen molar-refractivity contribution in [1.82, 2.24) is 19.5 Å². The second kappa shape index (κ2) is 9.68. The van der Waals surface area contributed by atoms with E-state index < -0.39 is 5.82 Å². The van der Waals surface area contributed by atoms with E-state index in [1.165, 1.54) is 17.2 Å². The first-order chi connectivity index (χ1) is 19.8. The van der Waals surface area contributed by atoms with Crippen LogP contribution in [0.25, 0.3) is 16.9 Å². The largest absolute Gasteiger partial charge is 0.369 e. The number of nitrogens with two attached hydrogens (primary N) is 1. The van der Waals surface area contributed by atoms with Gasteiger partial charge >= 0.3 is 0 Å². The van der Waals surface area contributed by atoms with E-state index in [1.807, 2.05) is 41.0 Å². The third-order valence-corrected chi connectivity index (χ3v) is 9.06. The lowest BCUT2D eigenvalue weighted by molar-refractivity contribution is -0.121. The number of carbonyl (C=O) groups excluding carboxylic acids is 2. The van der Waals surface area contributed by atoms with Gasteiger partial charge in [-0.1, -0.05) is 24.3 Å². The van der Waals surface area contributed by atoms with Gasteiger partial charge in [0, 0.05) is 48.1 Å². The van der Waals surface area contributed by atoms with E-state index in [2.05, 4.69) is 19.1 Å². The molecule has 9 heteroatoms. The molecule has 1 aliphatic carbocycles. The smallest absolute Gasteiger partial charge is 0.273 e. The van der Waals surface area contributed by atoms with Gasteiger partial charge in [0.15, 0.2) is 5.65 Å². The number of primary amides is 1. The van der Waals surface area contributed by atoms with Gasteiger partial charge in [0.25, 0.3) is 5.91 Å². The first-order valence-corrected chi connectivity index (χ1v) is 14.4. The molecule has 0 spiro atoms. The lowest BCUT2D eigenvalue weighted by Gasteiger charge is -2.35. The molecule has 0 radical (unpaired) electrons. The Kier molecular flexibility index (Phi) is 6.06. The molecule has 0 unspecified atom stereocenters. The molecule has 2 aromatic carbocycles. The molecule has 4 heterocycles. The van der Waals surface area contributed by atoms with E-state index in [4.69, 9.17) is 15.8 Å². The number of hydrogen-bond donors (Lipinski definition) is 1. The van der Waals surface area contributed by atoms with Gasteiger partial charge in [-0.2, -0.15) is 5.10 Å². The van der Waals surface area contributed by atoms with Gasteiger partial charge in [-0.3, -0.25) is 9.59 Å². The fraction of sp³-hybridized carbons (Fsp3) is 0.375. The number of hydrogen-bond acceptors (Lipinski definition) is 5. The Morgan fingerprint density at radius 3 is 2.59 bits per heavy atom. The van der Waals surface area contributed by atoms with Crippen molar-refractivity contribution in [2.75, 3.05) is 18.0 Å². The highest BCUT2D eigenvalue weighted by molar-refractivity contribution is 5.93. The average molecular weight is 553 g/mol. The van der Waals surface area contributed by atoms with Gasteiger partial charge < -0.3 is 15.5 Å². The zero-order valence-corrected chi connectivity index (χ0v) is 23.3. The number of rotatable bonds is 5. The van der Waals surface area contributed by atoms with E-state index in [-0.39, 0.29) is 29.8 Å². The molecule has 0 bridgehead atoms. The van der Waals surface area contributed by atoms with Gasteiger partial charge in [0.05, 0.1) is 17.7 Å². The molecular formula is C32H33FN6O2. The fourth-order valence-corrected chi connectivity index (χ4v) is 6.59. The molecular weight excluding hydrogens is 519 g/mol. The fourth-order valence-electron chi connectivity index (χ4n) is 6.59. The van der Waals surface area contributed by atoms with E-state index in [0.717, 1.165) is 25.0 Å². The molecule has 2 aliphatic heterocycles. The quantitative estimate of drug-likeness (QED) is 0.381. The average Bonchev–Trinajstić information content (AvgIpc) is 3.60. The maximum Gasteiger partial charge on any atom is 0.273 e. The van der Waals surface area contributed by atoms with Gasteiger partial charge in [0.1, 0.15) is 11.5 Å². The van der Waals surface area contributed by atoms with Crippen molar-refractivity contribution < 1.29 is 14.0 Å². The number of fused-ring (bicyclic) bond motifs is 2. The number of halogens is 1. The Morgan fingerprint density at radius 2 is 1.85 bits per heavy atom. The van der Waals surface area contributed by atoms with Gasteiger partial charge in [-0.25, -0.2) is 13.9 Å². The lowest BCUT2D eigenvalue weighted by atomic mass is 9.93. The molecule has 2 fully saturated rings. The van der Waals surface area contributed by atoms with Gasteiger partial charge in [0.2, 0.25) is 5.91 Å². The first kappa shape index (κ1) is 25.7. The minimum Gasteiger partial charge on any atom is -0.369 e. The molecule has 3 atom stereocenters. The summed E-state index contributed by atoms with van der Waals surface area (Å²) in [6.45, 7) is 5.21. The highest BCUT2D eigenvalue weighted by Gasteiger charge is 2.34. The molecule has 4 aromatic rings. The maximum atomic E-state index is 15.5. The number of aromatic nitrogens is 3. The van der Waals surface area contributed by atoms with Crippen molar-refractivity contribution in [2.24, 2.45) is 11.7 Å². The Morgan fingerprint density at radius 1 is 1.05 bits per heavy atom. The van der Waals surface area contributed by atoms with Crippen LogP contribution in [0.4, 0.5) is 10.1 Å². The summed E-state index contributed by atoms with van der Waals surface area (Å²) in [7, 11) is 0. The van der Waals surface area contributed by atoms with E-state index in [0.29, 0.717) is 53.7 Å². The SMILES string of the molecule is C[C@@H]1c2ccccc2CCN1C(=O)c1cc(C2CC2)n2nc(-c3ccc(N4C[C@H](C(N)=O)C[C@H]4C)cc3F)cc2n1. The monoisotopic (exact) mass is 552 g/mol. The Bertz CT molecular complexity index is 1700. The summed E-state index contributed by atoms with van der Waals surface area (Å²) in [6.07, 6.45) is 3.53. The summed E-state index contributed by atoms with van der Waals surface area (Å²) >= 11 is 0. The van der Waals surface area contributed by atoms with Crippen molar-refractivity contribution in [2.45, 2.75) is 57.5 Å². The molecule has 1 saturated heterocycles.